The second-order valence-electron chi connectivity index (χ2n) is 2.23. The molecule has 0 heterocycles. The predicted octanol–water partition coefficient (Wildman–Crippen LogP) is 0.852. The van der Waals surface area contributed by atoms with Gasteiger partial charge < -0.3 is 5.11 Å². The first-order chi connectivity index (χ1) is 4.54. The Kier molecular flexibility index (Phi) is 3.39. The van der Waals surface area contributed by atoms with Crippen LogP contribution >= 0.6 is 0 Å². The Morgan fingerprint density at radius 3 is 2.10 bits per heavy atom. The van der Waals surface area contributed by atoms with Gasteiger partial charge in [-0.25, -0.2) is 4.79 Å². The Morgan fingerprint density at radius 1 is 1.30 bits per heavy atom. The van der Waals surface area contributed by atoms with Gasteiger partial charge in [0.1, 0.15) is 0 Å². The highest BCUT2D eigenvalue weighted by Crippen LogP contribution is 1.94. The highest BCUT2D eigenvalue weighted by Gasteiger charge is 2.01. The Morgan fingerprint density at radius 2 is 1.80 bits per heavy atom. The van der Waals surface area contributed by atoms with E-state index in [1.807, 2.05) is 0 Å². The van der Waals surface area contributed by atoms with Crippen molar-refractivity contribution in [2.75, 3.05) is 0 Å². The van der Waals surface area contributed by atoms with E-state index in [2.05, 4.69) is 0 Å². The van der Waals surface area contributed by atoms with E-state index in [4.69, 9.17) is 5.11 Å². The summed E-state index contributed by atoms with van der Waals surface area (Å²) in [6, 6.07) is 0. The summed E-state index contributed by atoms with van der Waals surface area (Å²) >= 11 is 0. The lowest BCUT2D eigenvalue weighted by Gasteiger charge is -1.94. The van der Waals surface area contributed by atoms with Gasteiger partial charge in [0.2, 0.25) is 0 Å². The Hall–Kier alpha value is -1.12. The van der Waals surface area contributed by atoms with Crippen LogP contribution < -0.4 is 0 Å². The third-order valence-corrected chi connectivity index (χ3v) is 0.959. The van der Waals surface area contributed by atoms with E-state index >= 15 is 0 Å². The van der Waals surface area contributed by atoms with Gasteiger partial charge in [-0.1, -0.05) is 13.8 Å². The number of carboxylic acids is 1. The van der Waals surface area contributed by atoms with Crippen LogP contribution in [-0.2, 0) is 9.59 Å². The topological polar surface area (TPSA) is 54.4 Å². The fourth-order valence-corrected chi connectivity index (χ4v) is 0.346. The minimum atomic E-state index is -1.09. The van der Waals surface area contributed by atoms with Crippen LogP contribution in [0.1, 0.15) is 13.8 Å². The van der Waals surface area contributed by atoms with Gasteiger partial charge in [-0.3, -0.25) is 4.79 Å². The van der Waals surface area contributed by atoms with Crippen LogP contribution in [0.5, 0.6) is 0 Å². The van der Waals surface area contributed by atoms with Crippen molar-refractivity contribution in [2.24, 2.45) is 5.92 Å². The first kappa shape index (κ1) is 8.88. The molecule has 3 heteroatoms. The van der Waals surface area contributed by atoms with Gasteiger partial charge in [0.05, 0.1) is 0 Å². The smallest absolute Gasteiger partial charge is 0.328 e. The van der Waals surface area contributed by atoms with Gasteiger partial charge in [0, 0.05) is 12.0 Å². The number of allylic oxidation sites excluding steroid dienone is 1. The van der Waals surface area contributed by atoms with Gasteiger partial charge in [-0.05, 0) is 6.08 Å². The fraction of sp³-hybridized carbons (Fsp3) is 0.429. The van der Waals surface area contributed by atoms with E-state index in [1.54, 1.807) is 13.8 Å². The summed E-state index contributed by atoms with van der Waals surface area (Å²) in [7, 11) is 0. The summed E-state index contributed by atoms with van der Waals surface area (Å²) < 4.78 is 0. The first-order valence-corrected chi connectivity index (χ1v) is 2.99. The molecule has 0 spiro atoms. The van der Waals surface area contributed by atoms with Crippen molar-refractivity contribution >= 4 is 11.8 Å². The average Bonchev–Trinajstić information content (AvgIpc) is 1.82. The molecule has 0 aliphatic heterocycles. The molecule has 0 saturated carbocycles. The summed E-state index contributed by atoms with van der Waals surface area (Å²) in [6.07, 6.45) is 1.93. The standard InChI is InChI=1S/C7H10O3/c1-5(2)6(8)3-4-7(9)10/h3-5H,1-2H3,(H,9,10)/b4-3-. The van der Waals surface area contributed by atoms with Gasteiger partial charge in [-0.2, -0.15) is 0 Å². The zero-order chi connectivity index (χ0) is 8.15. The molecular formula is C7H10O3. The molecule has 56 valence electrons. The lowest BCUT2D eigenvalue weighted by atomic mass is 10.1. The van der Waals surface area contributed by atoms with Gasteiger partial charge in [0.25, 0.3) is 0 Å². The van der Waals surface area contributed by atoms with Gasteiger partial charge >= 0.3 is 5.97 Å². The quantitative estimate of drug-likeness (QED) is 0.594. The molecule has 10 heavy (non-hydrogen) atoms. The minimum Gasteiger partial charge on any atom is -0.478 e. The maximum atomic E-state index is 10.7. The first-order valence-electron chi connectivity index (χ1n) is 2.99. The molecule has 3 nitrogen and oxygen atoms in total. The number of carbonyl (C=O) groups is 2. The Bertz CT molecular complexity index is 168. The van der Waals surface area contributed by atoms with Crippen molar-refractivity contribution < 1.29 is 14.7 Å². The van der Waals surface area contributed by atoms with Crippen molar-refractivity contribution in [2.45, 2.75) is 13.8 Å². The third kappa shape index (κ3) is 3.83. The normalized spacial score (nSPS) is 10.7. The van der Waals surface area contributed by atoms with E-state index in [-0.39, 0.29) is 11.7 Å². The number of ketones is 1. The van der Waals surface area contributed by atoms with E-state index in [0.29, 0.717) is 0 Å². The maximum Gasteiger partial charge on any atom is 0.328 e. The van der Waals surface area contributed by atoms with Crippen molar-refractivity contribution in [3.05, 3.63) is 12.2 Å². The number of rotatable bonds is 3. The van der Waals surface area contributed by atoms with Crippen LogP contribution in [0.25, 0.3) is 0 Å². The van der Waals surface area contributed by atoms with Crippen LogP contribution in [0, 0.1) is 5.92 Å². The zero-order valence-corrected chi connectivity index (χ0v) is 6.00. The molecule has 0 aromatic heterocycles. The van der Waals surface area contributed by atoms with Crippen molar-refractivity contribution in [1.82, 2.24) is 0 Å². The minimum absolute atomic E-state index is 0.129. The molecule has 0 aromatic rings. The molecule has 0 unspecified atom stereocenters. The summed E-state index contributed by atoms with van der Waals surface area (Å²) in [5, 5.41) is 8.11. The van der Waals surface area contributed by atoms with E-state index < -0.39 is 5.97 Å². The second-order valence-corrected chi connectivity index (χ2v) is 2.23. The van der Waals surface area contributed by atoms with Gasteiger partial charge in [-0.15, -0.1) is 0 Å². The van der Waals surface area contributed by atoms with Crippen molar-refractivity contribution in [1.29, 1.82) is 0 Å². The number of hydrogen-bond donors (Lipinski definition) is 1. The number of hydrogen-bond acceptors (Lipinski definition) is 2. The van der Waals surface area contributed by atoms with Gasteiger partial charge in [0.15, 0.2) is 5.78 Å². The van der Waals surface area contributed by atoms with Crippen LogP contribution in [-0.4, -0.2) is 16.9 Å². The lowest BCUT2D eigenvalue weighted by molar-refractivity contribution is -0.131. The van der Waals surface area contributed by atoms with Crippen LogP contribution in [0.15, 0.2) is 12.2 Å². The van der Waals surface area contributed by atoms with Crippen molar-refractivity contribution in [3.8, 4) is 0 Å². The molecule has 0 bridgehead atoms. The van der Waals surface area contributed by atoms with E-state index in [1.165, 1.54) is 0 Å². The lowest BCUT2D eigenvalue weighted by Crippen LogP contribution is -2.03. The molecule has 0 radical (unpaired) electrons. The summed E-state index contributed by atoms with van der Waals surface area (Å²) in [6.45, 7) is 3.43. The van der Waals surface area contributed by atoms with Crippen molar-refractivity contribution in [3.63, 3.8) is 0 Å². The number of carbonyl (C=O) groups excluding carboxylic acids is 1. The SMILES string of the molecule is CC(C)C(=O)/C=C\C(=O)O. The highest BCUT2D eigenvalue weighted by molar-refractivity contribution is 5.96. The maximum absolute atomic E-state index is 10.7. The summed E-state index contributed by atoms with van der Waals surface area (Å²) in [5.74, 6) is -1.38. The average molecular weight is 142 g/mol. The molecule has 0 rings (SSSR count). The monoisotopic (exact) mass is 142 g/mol. The Labute approximate surface area is 59.4 Å². The highest BCUT2D eigenvalue weighted by atomic mass is 16.4. The predicted molar refractivity (Wildman–Crippen MR) is 36.6 cm³/mol. The summed E-state index contributed by atoms with van der Waals surface area (Å²) in [5.41, 5.74) is 0. The third-order valence-electron chi connectivity index (χ3n) is 0.959. The number of carboxylic acid groups (broad SMARTS) is 1. The van der Waals surface area contributed by atoms with Crippen LogP contribution in [0.2, 0.25) is 0 Å². The molecule has 0 atom stereocenters. The molecule has 0 aliphatic rings. The molecule has 0 saturated heterocycles. The van der Waals surface area contributed by atoms with Crippen LogP contribution in [0.3, 0.4) is 0 Å². The van der Waals surface area contributed by atoms with Crippen LogP contribution in [0.4, 0.5) is 0 Å². The summed E-state index contributed by atoms with van der Waals surface area (Å²) in [4.78, 5) is 20.6. The largest absolute Gasteiger partial charge is 0.478 e. The zero-order valence-electron chi connectivity index (χ0n) is 6.00. The molecule has 0 aliphatic carbocycles. The number of aliphatic carboxylic acids is 1. The molecule has 0 amide bonds. The second kappa shape index (κ2) is 3.82. The molecular weight excluding hydrogens is 132 g/mol. The molecule has 1 N–H and O–H groups in total. The molecule has 0 aromatic carbocycles. The van der Waals surface area contributed by atoms with E-state index in [0.717, 1.165) is 12.2 Å². The molecule has 0 fully saturated rings. The fourth-order valence-electron chi connectivity index (χ4n) is 0.346. The Balaban J connectivity index is 3.90. The van der Waals surface area contributed by atoms with E-state index in [9.17, 15) is 9.59 Å².